The molecule has 25 heavy (non-hydrogen) atoms. The van der Waals surface area contributed by atoms with Crippen LogP contribution in [0.25, 0.3) is 10.8 Å². The quantitative estimate of drug-likeness (QED) is 0.628. The van der Waals surface area contributed by atoms with Crippen LogP contribution in [0, 0.1) is 0 Å². The predicted molar refractivity (Wildman–Crippen MR) is 104 cm³/mol. The second kappa shape index (κ2) is 6.98. The molecule has 0 aliphatic rings. The number of sulfonamides is 1. The van der Waals surface area contributed by atoms with E-state index in [0.717, 1.165) is 4.90 Å². The second-order valence-corrected chi connectivity index (χ2v) is 9.28. The average molecular weight is 373 g/mol. The molecule has 0 unspecified atom stereocenters. The highest BCUT2D eigenvalue weighted by molar-refractivity contribution is 7.99. The Morgan fingerprint density at radius 1 is 0.960 bits per heavy atom. The molecule has 0 bridgehead atoms. The standard InChI is InChI=1S/C19H19NO3S2/c1-13(2)25(22,23)20-17-12-18(24-14-8-4-3-5-9-14)19(21)16-11-7-6-10-15(16)17/h3-13,20-21H,1-2H3. The molecule has 0 saturated carbocycles. The van der Waals surface area contributed by atoms with Crippen molar-refractivity contribution in [1.82, 2.24) is 0 Å². The van der Waals surface area contributed by atoms with Crippen molar-refractivity contribution in [2.75, 3.05) is 4.72 Å². The summed E-state index contributed by atoms with van der Waals surface area (Å²) >= 11 is 1.39. The van der Waals surface area contributed by atoms with Crippen LogP contribution in [0.15, 0.2) is 70.5 Å². The molecule has 3 aromatic carbocycles. The first kappa shape index (κ1) is 17.6. The van der Waals surface area contributed by atoms with Gasteiger partial charge in [-0.15, -0.1) is 0 Å². The Morgan fingerprint density at radius 3 is 2.20 bits per heavy atom. The smallest absolute Gasteiger partial charge is 0.235 e. The van der Waals surface area contributed by atoms with E-state index < -0.39 is 15.3 Å². The van der Waals surface area contributed by atoms with E-state index in [9.17, 15) is 13.5 Å². The number of anilines is 1. The Balaban J connectivity index is 2.14. The van der Waals surface area contributed by atoms with Crippen LogP contribution < -0.4 is 4.72 Å². The van der Waals surface area contributed by atoms with Crippen LogP contribution in [-0.4, -0.2) is 18.8 Å². The van der Waals surface area contributed by atoms with Crippen molar-refractivity contribution < 1.29 is 13.5 Å². The summed E-state index contributed by atoms with van der Waals surface area (Å²) in [4.78, 5) is 1.57. The molecule has 0 saturated heterocycles. The van der Waals surface area contributed by atoms with Crippen molar-refractivity contribution >= 4 is 38.2 Å². The van der Waals surface area contributed by atoms with Crippen LogP contribution in [0.4, 0.5) is 5.69 Å². The van der Waals surface area contributed by atoms with Crippen LogP contribution in [-0.2, 0) is 10.0 Å². The van der Waals surface area contributed by atoms with Gasteiger partial charge >= 0.3 is 0 Å². The SMILES string of the molecule is CC(C)S(=O)(=O)Nc1cc(Sc2ccccc2)c(O)c2ccccc12. The third kappa shape index (κ3) is 3.75. The highest BCUT2D eigenvalue weighted by Crippen LogP contribution is 2.42. The van der Waals surface area contributed by atoms with Gasteiger partial charge in [-0.2, -0.15) is 0 Å². The summed E-state index contributed by atoms with van der Waals surface area (Å²) in [6, 6.07) is 18.6. The molecule has 0 fully saturated rings. The van der Waals surface area contributed by atoms with E-state index in [1.54, 1.807) is 32.0 Å². The Morgan fingerprint density at radius 2 is 1.56 bits per heavy atom. The first-order chi connectivity index (χ1) is 11.9. The number of aromatic hydroxyl groups is 1. The van der Waals surface area contributed by atoms with E-state index in [4.69, 9.17) is 0 Å². The molecule has 130 valence electrons. The van der Waals surface area contributed by atoms with Crippen LogP contribution in [0.2, 0.25) is 0 Å². The van der Waals surface area contributed by atoms with Gasteiger partial charge in [0.1, 0.15) is 5.75 Å². The molecule has 0 aliphatic carbocycles. The number of hydrogen-bond acceptors (Lipinski definition) is 4. The topological polar surface area (TPSA) is 66.4 Å². The fourth-order valence-electron chi connectivity index (χ4n) is 2.38. The molecule has 0 spiro atoms. The monoisotopic (exact) mass is 373 g/mol. The fourth-order valence-corrected chi connectivity index (χ4v) is 4.02. The number of benzene rings is 3. The van der Waals surface area contributed by atoms with Crippen molar-refractivity contribution in [2.24, 2.45) is 0 Å². The van der Waals surface area contributed by atoms with Gasteiger partial charge < -0.3 is 5.11 Å². The van der Waals surface area contributed by atoms with Crippen LogP contribution >= 0.6 is 11.8 Å². The van der Waals surface area contributed by atoms with Gasteiger partial charge in [-0.25, -0.2) is 8.42 Å². The molecule has 0 amide bonds. The lowest BCUT2D eigenvalue weighted by atomic mass is 10.1. The summed E-state index contributed by atoms with van der Waals surface area (Å²) < 4.78 is 27.3. The third-order valence-corrected chi connectivity index (χ3v) is 6.61. The summed E-state index contributed by atoms with van der Waals surface area (Å²) in [7, 11) is -3.49. The maximum atomic E-state index is 12.3. The fraction of sp³-hybridized carbons (Fsp3) is 0.158. The van der Waals surface area contributed by atoms with Gasteiger partial charge in [0.15, 0.2) is 0 Å². The molecule has 4 nitrogen and oxygen atoms in total. The van der Waals surface area contributed by atoms with Gasteiger partial charge in [0.2, 0.25) is 10.0 Å². The van der Waals surface area contributed by atoms with Gasteiger partial charge in [-0.1, -0.05) is 54.2 Å². The first-order valence-corrected chi connectivity index (χ1v) is 10.2. The van der Waals surface area contributed by atoms with Crippen molar-refractivity contribution in [3.05, 3.63) is 60.7 Å². The van der Waals surface area contributed by atoms with E-state index in [1.165, 1.54) is 11.8 Å². The number of fused-ring (bicyclic) bond motifs is 1. The lowest BCUT2D eigenvalue weighted by molar-refractivity contribution is 0.469. The molecule has 0 heterocycles. The van der Waals surface area contributed by atoms with Crippen LogP contribution in [0.1, 0.15) is 13.8 Å². The van der Waals surface area contributed by atoms with Crippen LogP contribution in [0.3, 0.4) is 0 Å². The first-order valence-electron chi connectivity index (χ1n) is 7.88. The largest absolute Gasteiger partial charge is 0.506 e. The minimum absolute atomic E-state index is 0.150. The molecular formula is C19H19NO3S2. The normalized spacial score (nSPS) is 11.8. The highest BCUT2D eigenvalue weighted by atomic mass is 32.2. The molecule has 0 atom stereocenters. The minimum atomic E-state index is -3.49. The summed E-state index contributed by atoms with van der Waals surface area (Å²) in [5.41, 5.74) is 0.473. The maximum absolute atomic E-state index is 12.3. The minimum Gasteiger partial charge on any atom is -0.506 e. The van der Waals surface area contributed by atoms with Crippen LogP contribution in [0.5, 0.6) is 5.75 Å². The van der Waals surface area contributed by atoms with Gasteiger partial charge in [0, 0.05) is 15.7 Å². The highest BCUT2D eigenvalue weighted by Gasteiger charge is 2.19. The number of hydrogen-bond donors (Lipinski definition) is 2. The summed E-state index contributed by atoms with van der Waals surface area (Å²) in [5, 5.41) is 11.4. The molecule has 3 rings (SSSR count). The maximum Gasteiger partial charge on any atom is 0.235 e. The van der Waals surface area contributed by atoms with Crippen molar-refractivity contribution in [1.29, 1.82) is 0 Å². The zero-order valence-electron chi connectivity index (χ0n) is 13.9. The molecule has 6 heteroatoms. The lowest BCUT2D eigenvalue weighted by Crippen LogP contribution is -2.22. The van der Waals surface area contributed by atoms with Gasteiger partial charge in [-0.3, -0.25) is 4.72 Å². The van der Waals surface area contributed by atoms with E-state index in [0.29, 0.717) is 21.4 Å². The molecule has 0 radical (unpaired) electrons. The number of phenols is 1. The summed E-state index contributed by atoms with van der Waals surface area (Å²) in [6.45, 7) is 3.26. The second-order valence-electron chi connectivity index (χ2n) is 5.93. The molecule has 3 aromatic rings. The molecule has 0 aromatic heterocycles. The summed E-state index contributed by atoms with van der Waals surface area (Å²) in [6.07, 6.45) is 0. The van der Waals surface area contributed by atoms with Gasteiger partial charge in [0.25, 0.3) is 0 Å². The number of nitrogens with one attached hydrogen (secondary N) is 1. The Labute approximate surface area is 151 Å². The third-order valence-electron chi connectivity index (χ3n) is 3.83. The number of rotatable bonds is 5. The van der Waals surface area contributed by atoms with E-state index in [1.807, 2.05) is 42.5 Å². The number of phenolic OH excluding ortho intramolecular Hbond substituents is 1. The molecule has 2 N–H and O–H groups in total. The van der Waals surface area contributed by atoms with Gasteiger partial charge in [0.05, 0.1) is 15.8 Å². The Kier molecular flexibility index (Phi) is 4.92. The zero-order chi connectivity index (χ0) is 18.0. The molecule has 0 aliphatic heterocycles. The predicted octanol–water partition coefficient (Wildman–Crippen LogP) is 4.85. The Bertz CT molecular complexity index is 1000. The lowest BCUT2D eigenvalue weighted by Gasteiger charge is -2.16. The average Bonchev–Trinajstić information content (AvgIpc) is 2.59. The van der Waals surface area contributed by atoms with Crippen molar-refractivity contribution in [3.8, 4) is 5.75 Å². The van der Waals surface area contributed by atoms with Gasteiger partial charge in [-0.05, 0) is 32.0 Å². The Hall–Kier alpha value is -2.18. The van der Waals surface area contributed by atoms with E-state index in [2.05, 4.69) is 4.72 Å². The van der Waals surface area contributed by atoms with Crippen molar-refractivity contribution in [2.45, 2.75) is 28.9 Å². The summed E-state index contributed by atoms with van der Waals surface area (Å²) in [5.74, 6) is 0.150. The zero-order valence-corrected chi connectivity index (χ0v) is 15.6. The van der Waals surface area contributed by atoms with E-state index in [-0.39, 0.29) is 5.75 Å². The van der Waals surface area contributed by atoms with E-state index >= 15 is 0 Å². The molecular weight excluding hydrogens is 354 g/mol. The van der Waals surface area contributed by atoms with Crippen molar-refractivity contribution in [3.63, 3.8) is 0 Å².